The lowest BCUT2D eigenvalue weighted by molar-refractivity contribution is -0.129. The van der Waals surface area contributed by atoms with Gasteiger partial charge in [-0.3, -0.25) is 4.79 Å². The van der Waals surface area contributed by atoms with Gasteiger partial charge in [-0.05, 0) is 24.3 Å². The van der Waals surface area contributed by atoms with E-state index in [-0.39, 0.29) is 25.4 Å². The van der Waals surface area contributed by atoms with E-state index in [1.807, 2.05) is 54.6 Å². The number of nitrogens with zero attached hydrogens (tertiary/aromatic N) is 5. The number of aromatic nitrogens is 2. The third-order valence-electron chi connectivity index (χ3n) is 4.15. The van der Waals surface area contributed by atoms with E-state index in [0.717, 1.165) is 11.3 Å². The predicted molar refractivity (Wildman–Crippen MR) is 106 cm³/mol. The molecule has 0 spiro atoms. The lowest BCUT2D eigenvalue weighted by Gasteiger charge is -2.15. The van der Waals surface area contributed by atoms with Crippen molar-refractivity contribution >= 4 is 17.5 Å². The Labute approximate surface area is 167 Å². The van der Waals surface area contributed by atoms with E-state index >= 15 is 0 Å². The van der Waals surface area contributed by atoms with Crippen molar-refractivity contribution in [1.82, 2.24) is 14.7 Å². The van der Waals surface area contributed by atoms with Crippen molar-refractivity contribution in [1.29, 1.82) is 10.5 Å². The molecule has 0 saturated heterocycles. The molecule has 2 aromatic carbocycles. The number of carbonyl (C=O) groups is 1. The molecular weight excluding hydrogens is 374 g/mol. The van der Waals surface area contributed by atoms with Gasteiger partial charge < -0.3 is 4.90 Å². The molecule has 0 N–H and O–H groups in total. The van der Waals surface area contributed by atoms with E-state index in [1.165, 1.54) is 4.90 Å². The largest absolute Gasteiger partial charge is 0.316 e. The standard InChI is InChI=1S/C21H16ClN5O/c22-18-8-6-16(7-9-18)21-17(14-20(28)26(12-10-23)13-11-24)15-27(25-21)19-4-2-1-3-5-19/h1-9,15H,12-14H2. The van der Waals surface area contributed by atoms with E-state index in [0.29, 0.717) is 16.3 Å². The number of para-hydroxylation sites is 1. The molecule has 0 aliphatic rings. The summed E-state index contributed by atoms with van der Waals surface area (Å²) in [5.74, 6) is -0.300. The third kappa shape index (κ3) is 4.37. The van der Waals surface area contributed by atoms with Crippen molar-refractivity contribution in [2.75, 3.05) is 13.1 Å². The number of rotatable bonds is 6. The zero-order chi connectivity index (χ0) is 19.9. The zero-order valence-corrected chi connectivity index (χ0v) is 15.7. The number of benzene rings is 2. The molecular formula is C21H16ClN5O. The highest BCUT2D eigenvalue weighted by Gasteiger charge is 2.19. The van der Waals surface area contributed by atoms with Gasteiger partial charge >= 0.3 is 0 Å². The summed E-state index contributed by atoms with van der Waals surface area (Å²) < 4.78 is 1.71. The molecule has 0 fully saturated rings. The van der Waals surface area contributed by atoms with Gasteiger partial charge in [0.2, 0.25) is 5.91 Å². The van der Waals surface area contributed by atoms with Gasteiger partial charge in [-0.15, -0.1) is 0 Å². The topological polar surface area (TPSA) is 85.7 Å². The Morgan fingerprint density at radius 2 is 1.68 bits per heavy atom. The monoisotopic (exact) mass is 389 g/mol. The fraction of sp³-hybridized carbons (Fsp3) is 0.143. The molecule has 7 heteroatoms. The number of hydrogen-bond acceptors (Lipinski definition) is 4. The summed E-state index contributed by atoms with van der Waals surface area (Å²) in [5.41, 5.74) is 3.05. The summed E-state index contributed by atoms with van der Waals surface area (Å²) in [7, 11) is 0. The molecule has 6 nitrogen and oxygen atoms in total. The van der Waals surface area contributed by atoms with Gasteiger partial charge in [-0.2, -0.15) is 15.6 Å². The second kappa shape index (κ2) is 8.85. The minimum absolute atomic E-state index is 0.0359. The first-order valence-electron chi connectivity index (χ1n) is 8.54. The molecule has 0 aliphatic heterocycles. The second-order valence-electron chi connectivity index (χ2n) is 6.03. The number of nitriles is 2. The molecule has 0 bridgehead atoms. The van der Waals surface area contributed by atoms with Gasteiger partial charge in [0, 0.05) is 22.3 Å². The Hall–Kier alpha value is -3.61. The highest BCUT2D eigenvalue weighted by molar-refractivity contribution is 6.30. The smallest absolute Gasteiger partial charge is 0.228 e. The fourth-order valence-corrected chi connectivity index (χ4v) is 2.91. The van der Waals surface area contributed by atoms with E-state index < -0.39 is 0 Å². The van der Waals surface area contributed by atoms with E-state index in [4.69, 9.17) is 22.1 Å². The van der Waals surface area contributed by atoms with Crippen LogP contribution in [0.3, 0.4) is 0 Å². The van der Waals surface area contributed by atoms with Crippen LogP contribution in [0.25, 0.3) is 16.9 Å². The molecule has 138 valence electrons. The number of amides is 1. The minimum atomic E-state index is -0.300. The van der Waals surface area contributed by atoms with Gasteiger partial charge in [0.05, 0.1) is 29.9 Å². The van der Waals surface area contributed by atoms with Crippen molar-refractivity contribution in [3.63, 3.8) is 0 Å². The fourth-order valence-electron chi connectivity index (χ4n) is 2.78. The Bertz CT molecular complexity index is 1030. The molecule has 0 aliphatic carbocycles. The Balaban J connectivity index is 1.99. The molecule has 1 heterocycles. The maximum absolute atomic E-state index is 12.6. The van der Waals surface area contributed by atoms with Crippen LogP contribution >= 0.6 is 11.6 Å². The molecule has 3 rings (SSSR count). The summed E-state index contributed by atoms with van der Waals surface area (Å²) in [6.07, 6.45) is 1.84. The quantitative estimate of drug-likeness (QED) is 0.602. The Morgan fingerprint density at radius 3 is 2.29 bits per heavy atom. The number of halogens is 1. The lowest BCUT2D eigenvalue weighted by Crippen LogP contribution is -2.33. The van der Waals surface area contributed by atoms with Gasteiger partial charge in [0.25, 0.3) is 0 Å². The van der Waals surface area contributed by atoms with Crippen LogP contribution in [0, 0.1) is 22.7 Å². The van der Waals surface area contributed by atoms with Crippen LogP contribution in [0.15, 0.2) is 60.8 Å². The number of hydrogen-bond donors (Lipinski definition) is 0. The maximum Gasteiger partial charge on any atom is 0.228 e. The summed E-state index contributed by atoms with van der Waals surface area (Å²) in [6, 6.07) is 20.6. The molecule has 3 aromatic rings. The maximum atomic E-state index is 12.6. The third-order valence-corrected chi connectivity index (χ3v) is 4.40. The van der Waals surface area contributed by atoms with Crippen LogP contribution in [-0.2, 0) is 11.2 Å². The van der Waals surface area contributed by atoms with Crippen LogP contribution in [0.2, 0.25) is 5.02 Å². The van der Waals surface area contributed by atoms with Crippen molar-refractivity contribution in [3.8, 4) is 29.1 Å². The van der Waals surface area contributed by atoms with Crippen LogP contribution in [0.5, 0.6) is 0 Å². The van der Waals surface area contributed by atoms with Crippen LogP contribution in [0.4, 0.5) is 0 Å². The van der Waals surface area contributed by atoms with Crippen molar-refractivity contribution in [2.24, 2.45) is 0 Å². The molecule has 1 amide bonds. The summed E-state index contributed by atoms with van der Waals surface area (Å²) >= 11 is 5.99. The zero-order valence-electron chi connectivity index (χ0n) is 14.9. The van der Waals surface area contributed by atoms with Crippen molar-refractivity contribution in [2.45, 2.75) is 6.42 Å². The highest BCUT2D eigenvalue weighted by atomic mass is 35.5. The summed E-state index contributed by atoms with van der Waals surface area (Å²) in [4.78, 5) is 13.9. The van der Waals surface area contributed by atoms with Crippen LogP contribution < -0.4 is 0 Å². The predicted octanol–water partition coefficient (Wildman–Crippen LogP) is 3.61. The average molecular weight is 390 g/mol. The van der Waals surface area contributed by atoms with E-state index in [9.17, 15) is 4.79 Å². The minimum Gasteiger partial charge on any atom is -0.316 e. The molecule has 0 unspecified atom stereocenters. The first-order valence-corrected chi connectivity index (χ1v) is 8.91. The van der Waals surface area contributed by atoms with Gasteiger partial charge in [0.15, 0.2) is 0 Å². The Morgan fingerprint density at radius 1 is 1.04 bits per heavy atom. The highest BCUT2D eigenvalue weighted by Crippen LogP contribution is 2.26. The Kier molecular flexibility index (Phi) is 6.06. The molecule has 0 radical (unpaired) electrons. The SMILES string of the molecule is N#CCN(CC#N)C(=O)Cc1cn(-c2ccccc2)nc1-c1ccc(Cl)cc1. The molecule has 1 aromatic heterocycles. The second-order valence-corrected chi connectivity index (χ2v) is 6.47. The first-order chi connectivity index (χ1) is 13.6. The van der Waals surface area contributed by atoms with Crippen molar-refractivity contribution < 1.29 is 4.79 Å². The van der Waals surface area contributed by atoms with E-state index in [2.05, 4.69) is 5.10 Å². The van der Waals surface area contributed by atoms with E-state index in [1.54, 1.807) is 23.0 Å². The van der Waals surface area contributed by atoms with Gasteiger partial charge in [-0.1, -0.05) is 41.9 Å². The van der Waals surface area contributed by atoms with Crippen LogP contribution in [-0.4, -0.2) is 33.7 Å². The molecule has 0 atom stereocenters. The average Bonchev–Trinajstić information content (AvgIpc) is 3.13. The summed E-state index contributed by atoms with van der Waals surface area (Å²) in [5, 5.41) is 23.1. The van der Waals surface area contributed by atoms with Gasteiger partial charge in [-0.25, -0.2) is 4.68 Å². The van der Waals surface area contributed by atoms with Crippen molar-refractivity contribution in [3.05, 3.63) is 71.4 Å². The lowest BCUT2D eigenvalue weighted by atomic mass is 10.1. The van der Waals surface area contributed by atoms with Gasteiger partial charge in [0.1, 0.15) is 13.1 Å². The van der Waals surface area contributed by atoms with Crippen LogP contribution in [0.1, 0.15) is 5.56 Å². The molecule has 0 saturated carbocycles. The number of carbonyl (C=O) groups excluding carboxylic acids is 1. The molecule has 28 heavy (non-hydrogen) atoms. The summed E-state index contributed by atoms with van der Waals surface area (Å²) in [6.45, 7) is -0.259. The first kappa shape index (κ1) is 19.2. The normalized spacial score (nSPS) is 10.1.